The van der Waals surface area contributed by atoms with E-state index in [-0.39, 0.29) is 17.0 Å². The van der Waals surface area contributed by atoms with Gasteiger partial charge in [0.25, 0.3) is 0 Å². The molecule has 2 N–H and O–H groups in total. The van der Waals surface area contributed by atoms with E-state index >= 15 is 0 Å². The van der Waals surface area contributed by atoms with Crippen LogP contribution in [0.5, 0.6) is 5.75 Å². The summed E-state index contributed by atoms with van der Waals surface area (Å²) >= 11 is 0. The number of halogens is 3. The molecule has 1 aromatic carbocycles. The smallest absolute Gasteiger partial charge is 0.476 e. The summed E-state index contributed by atoms with van der Waals surface area (Å²) in [5, 5.41) is 17.8. The van der Waals surface area contributed by atoms with E-state index in [0.717, 1.165) is 12.1 Å². The Morgan fingerprint density at radius 3 is 2.74 bits per heavy atom. The van der Waals surface area contributed by atoms with E-state index in [1.54, 1.807) is 0 Å². The van der Waals surface area contributed by atoms with Crippen LogP contribution < -0.4 is 4.74 Å². The number of hydrogen-bond acceptors (Lipinski definition) is 4. The van der Waals surface area contributed by atoms with Gasteiger partial charge < -0.3 is 9.84 Å². The number of carbonyl (C=O) groups is 1. The molecular weight excluding hydrogens is 267 g/mol. The summed E-state index contributed by atoms with van der Waals surface area (Å²) in [5.74, 6) is -1.79. The van der Waals surface area contributed by atoms with Crippen LogP contribution in [0.25, 0.3) is 11.3 Å². The van der Waals surface area contributed by atoms with Gasteiger partial charge in [0.1, 0.15) is 11.4 Å². The van der Waals surface area contributed by atoms with Gasteiger partial charge in [-0.05, 0) is 12.1 Å². The Bertz CT molecular complexity index is 609. The third kappa shape index (κ3) is 3.00. The first-order valence-electron chi connectivity index (χ1n) is 4.87. The standard InChI is InChI=1S/C10H6F3N3O3/c11-10(12,13)19-6-3-1-2-5(4-6)7-8(9(17)18)15-16-14-7/h1-4H,(H,17,18)(H,14,15,16). The van der Waals surface area contributed by atoms with E-state index in [1.807, 2.05) is 0 Å². The summed E-state index contributed by atoms with van der Waals surface area (Å²) in [6.45, 7) is 0. The second-order valence-corrected chi connectivity index (χ2v) is 3.42. The maximum Gasteiger partial charge on any atom is 0.573 e. The van der Waals surface area contributed by atoms with E-state index in [4.69, 9.17) is 5.11 Å². The summed E-state index contributed by atoms with van der Waals surface area (Å²) in [7, 11) is 0. The third-order valence-electron chi connectivity index (χ3n) is 2.10. The van der Waals surface area contributed by atoms with E-state index in [1.165, 1.54) is 12.1 Å². The highest BCUT2D eigenvalue weighted by Gasteiger charge is 2.31. The van der Waals surface area contributed by atoms with Crippen LogP contribution in [0.4, 0.5) is 13.2 Å². The Morgan fingerprint density at radius 1 is 1.37 bits per heavy atom. The zero-order valence-corrected chi connectivity index (χ0v) is 9.10. The molecule has 0 radical (unpaired) electrons. The van der Waals surface area contributed by atoms with Crippen molar-refractivity contribution in [3.63, 3.8) is 0 Å². The molecule has 0 amide bonds. The number of nitrogens with one attached hydrogen (secondary N) is 1. The highest BCUT2D eigenvalue weighted by Crippen LogP contribution is 2.27. The predicted octanol–water partition coefficient (Wildman–Crippen LogP) is 2.07. The highest BCUT2D eigenvalue weighted by atomic mass is 19.4. The Labute approximate surface area is 103 Å². The van der Waals surface area contributed by atoms with Gasteiger partial charge >= 0.3 is 12.3 Å². The SMILES string of the molecule is O=C(O)c1[nH]nnc1-c1cccc(OC(F)(F)F)c1. The summed E-state index contributed by atoms with van der Waals surface area (Å²) < 4.78 is 40.0. The minimum Gasteiger partial charge on any atom is -0.476 e. The van der Waals surface area contributed by atoms with Crippen molar-refractivity contribution in [2.24, 2.45) is 0 Å². The lowest BCUT2D eigenvalue weighted by Crippen LogP contribution is -2.17. The van der Waals surface area contributed by atoms with Gasteiger partial charge in [-0.1, -0.05) is 17.3 Å². The number of aromatic carboxylic acids is 1. The number of carboxylic acid groups (broad SMARTS) is 1. The topological polar surface area (TPSA) is 88.1 Å². The molecule has 0 spiro atoms. The average Bonchev–Trinajstić information content (AvgIpc) is 2.75. The van der Waals surface area contributed by atoms with Crippen molar-refractivity contribution in [2.75, 3.05) is 0 Å². The van der Waals surface area contributed by atoms with Crippen LogP contribution >= 0.6 is 0 Å². The normalized spacial score (nSPS) is 11.3. The van der Waals surface area contributed by atoms with Crippen molar-refractivity contribution >= 4 is 5.97 Å². The van der Waals surface area contributed by atoms with Crippen LogP contribution in [0.2, 0.25) is 0 Å². The molecule has 0 aliphatic rings. The van der Waals surface area contributed by atoms with Gasteiger partial charge in [0, 0.05) is 5.56 Å². The van der Waals surface area contributed by atoms with Crippen LogP contribution in [-0.2, 0) is 0 Å². The molecule has 6 nitrogen and oxygen atoms in total. The molecule has 0 saturated carbocycles. The van der Waals surface area contributed by atoms with Gasteiger partial charge in [-0.2, -0.15) is 0 Å². The molecular formula is C10H6F3N3O3. The monoisotopic (exact) mass is 273 g/mol. The van der Waals surface area contributed by atoms with Crippen LogP contribution in [0.3, 0.4) is 0 Å². The number of carboxylic acids is 1. The minimum atomic E-state index is -4.82. The Hall–Kier alpha value is -2.58. The van der Waals surface area contributed by atoms with Gasteiger partial charge in [-0.25, -0.2) is 4.79 Å². The molecule has 0 atom stereocenters. The predicted molar refractivity (Wildman–Crippen MR) is 55.5 cm³/mol. The summed E-state index contributed by atoms with van der Waals surface area (Å²) in [4.78, 5) is 10.8. The summed E-state index contributed by atoms with van der Waals surface area (Å²) in [5.41, 5.74) is -0.239. The molecule has 0 bridgehead atoms. The first kappa shape index (κ1) is 12.9. The average molecular weight is 273 g/mol. The van der Waals surface area contributed by atoms with Crippen molar-refractivity contribution < 1.29 is 27.8 Å². The van der Waals surface area contributed by atoms with Gasteiger partial charge in [0.15, 0.2) is 5.69 Å². The van der Waals surface area contributed by atoms with E-state index in [0.29, 0.717) is 0 Å². The number of aromatic nitrogens is 3. The van der Waals surface area contributed by atoms with Crippen molar-refractivity contribution in [1.82, 2.24) is 15.4 Å². The first-order chi connectivity index (χ1) is 8.87. The maximum atomic E-state index is 12.1. The Kier molecular flexibility index (Phi) is 3.11. The van der Waals surface area contributed by atoms with Crippen LogP contribution in [0.1, 0.15) is 10.5 Å². The quantitative estimate of drug-likeness (QED) is 0.893. The third-order valence-corrected chi connectivity index (χ3v) is 2.10. The largest absolute Gasteiger partial charge is 0.573 e. The zero-order valence-electron chi connectivity index (χ0n) is 9.10. The minimum absolute atomic E-state index is 0.0693. The van der Waals surface area contributed by atoms with Gasteiger partial charge in [-0.15, -0.1) is 18.3 Å². The fourth-order valence-corrected chi connectivity index (χ4v) is 1.42. The molecule has 1 aromatic heterocycles. The fraction of sp³-hybridized carbons (Fsp3) is 0.100. The van der Waals surface area contributed by atoms with Crippen molar-refractivity contribution in [3.05, 3.63) is 30.0 Å². The van der Waals surface area contributed by atoms with Crippen LogP contribution in [0.15, 0.2) is 24.3 Å². The number of rotatable bonds is 3. The molecule has 9 heteroatoms. The lowest BCUT2D eigenvalue weighted by molar-refractivity contribution is -0.274. The Morgan fingerprint density at radius 2 is 2.11 bits per heavy atom. The number of ether oxygens (including phenoxy) is 1. The van der Waals surface area contributed by atoms with Gasteiger partial charge in [-0.3, -0.25) is 5.10 Å². The second-order valence-electron chi connectivity index (χ2n) is 3.42. The molecule has 2 rings (SSSR count). The number of benzene rings is 1. The summed E-state index contributed by atoms with van der Waals surface area (Å²) in [6.07, 6.45) is -4.82. The maximum absolute atomic E-state index is 12.1. The highest BCUT2D eigenvalue weighted by molar-refractivity contribution is 5.92. The molecule has 0 aliphatic carbocycles. The number of hydrogen-bond donors (Lipinski definition) is 2. The van der Waals surface area contributed by atoms with Gasteiger partial charge in [0.05, 0.1) is 0 Å². The molecule has 0 unspecified atom stereocenters. The van der Waals surface area contributed by atoms with Crippen molar-refractivity contribution in [2.45, 2.75) is 6.36 Å². The Balaban J connectivity index is 2.38. The number of H-pyrrole nitrogens is 1. The summed E-state index contributed by atoms with van der Waals surface area (Å²) in [6, 6.07) is 4.81. The second kappa shape index (κ2) is 4.59. The number of nitrogens with zero attached hydrogens (tertiary/aromatic N) is 2. The number of aromatic amines is 1. The molecule has 2 aromatic rings. The van der Waals surface area contributed by atoms with Crippen molar-refractivity contribution in [1.29, 1.82) is 0 Å². The van der Waals surface area contributed by atoms with Crippen molar-refractivity contribution in [3.8, 4) is 17.0 Å². The van der Waals surface area contributed by atoms with Gasteiger partial charge in [0.2, 0.25) is 0 Å². The van der Waals surface area contributed by atoms with Crippen LogP contribution in [0, 0.1) is 0 Å². The molecule has 100 valence electrons. The lowest BCUT2D eigenvalue weighted by Gasteiger charge is -2.09. The van der Waals surface area contributed by atoms with Crippen LogP contribution in [-0.4, -0.2) is 32.8 Å². The molecule has 1 heterocycles. The number of alkyl halides is 3. The first-order valence-corrected chi connectivity index (χ1v) is 4.87. The molecule has 0 fully saturated rings. The van der Waals surface area contributed by atoms with E-state index in [2.05, 4.69) is 20.1 Å². The molecule has 0 aliphatic heterocycles. The fourth-order valence-electron chi connectivity index (χ4n) is 1.42. The van der Waals surface area contributed by atoms with E-state index < -0.39 is 18.1 Å². The van der Waals surface area contributed by atoms with E-state index in [9.17, 15) is 18.0 Å². The zero-order chi connectivity index (χ0) is 14.0. The molecule has 19 heavy (non-hydrogen) atoms. The lowest BCUT2D eigenvalue weighted by atomic mass is 10.1. The molecule has 0 saturated heterocycles.